The van der Waals surface area contributed by atoms with Gasteiger partial charge in [0.2, 0.25) is 11.7 Å². The molecular weight excluding hydrogens is 322 g/mol. The molecule has 0 fully saturated rings. The fourth-order valence-electron chi connectivity index (χ4n) is 2.01. The fourth-order valence-corrected chi connectivity index (χ4v) is 2.01. The molecule has 0 radical (unpaired) electrons. The quantitative estimate of drug-likeness (QED) is 0.628. The lowest BCUT2D eigenvalue weighted by Gasteiger charge is -2.12. The summed E-state index contributed by atoms with van der Waals surface area (Å²) in [4.78, 5) is 11.9. The molecule has 0 saturated carbocycles. The smallest absolute Gasteiger partial charge is 0.224 e. The number of allylic oxidation sites excluding steroid dienone is 1. The van der Waals surface area contributed by atoms with Crippen molar-refractivity contribution in [2.24, 2.45) is 0 Å². The summed E-state index contributed by atoms with van der Waals surface area (Å²) < 4.78 is 5.32. The lowest BCUT2D eigenvalue weighted by atomic mass is 10.2. The van der Waals surface area contributed by atoms with Crippen molar-refractivity contribution < 1.29 is 9.53 Å². The second kappa shape index (κ2) is 9.02. The van der Waals surface area contributed by atoms with E-state index in [2.05, 4.69) is 31.3 Å². The van der Waals surface area contributed by atoms with Gasteiger partial charge in [-0.05, 0) is 23.8 Å². The summed E-state index contributed by atoms with van der Waals surface area (Å²) in [6, 6.07) is 7.20. The Labute approximate surface area is 145 Å². The number of methoxy groups -OCH3 is 1. The number of hydrogen-bond acceptors (Lipinski definition) is 7. The van der Waals surface area contributed by atoms with Crippen LogP contribution in [-0.4, -0.2) is 33.6 Å². The molecule has 9 heteroatoms. The van der Waals surface area contributed by atoms with E-state index in [0.717, 1.165) is 12.8 Å². The van der Waals surface area contributed by atoms with E-state index < -0.39 is 0 Å². The summed E-state index contributed by atoms with van der Waals surface area (Å²) in [7, 11) is 1.52. The van der Waals surface area contributed by atoms with E-state index in [4.69, 9.17) is 10.00 Å². The second-order valence-corrected chi connectivity index (χ2v) is 5.12. The third-order valence-corrected chi connectivity index (χ3v) is 3.32. The molecule has 1 amide bonds. The van der Waals surface area contributed by atoms with Crippen LogP contribution in [0.4, 0.5) is 11.4 Å². The molecule has 1 aromatic carbocycles. The molecule has 1 heterocycles. The molecule has 2 rings (SSSR count). The first kappa shape index (κ1) is 17.9. The molecule has 0 bridgehead atoms. The summed E-state index contributed by atoms with van der Waals surface area (Å²) in [6.45, 7) is 2.03. The van der Waals surface area contributed by atoms with Crippen LogP contribution in [0.1, 0.15) is 32.0 Å². The molecule has 1 aromatic heterocycles. The van der Waals surface area contributed by atoms with E-state index >= 15 is 0 Å². The van der Waals surface area contributed by atoms with Crippen LogP contribution in [0.25, 0.3) is 5.57 Å². The van der Waals surface area contributed by atoms with Gasteiger partial charge in [-0.3, -0.25) is 4.79 Å². The number of tetrazole rings is 1. The number of H-pyrrole nitrogens is 1. The number of anilines is 2. The van der Waals surface area contributed by atoms with Gasteiger partial charge in [-0.2, -0.15) is 10.5 Å². The molecule has 9 nitrogen and oxygen atoms in total. The maximum Gasteiger partial charge on any atom is 0.224 e. The van der Waals surface area contributed by atoms with Gasteiger partial charge in [0.05, 0.1) is 12.8 Å². The topological polar surface area (TPSA) is 129 Å². The molecule has 3 N–H and O–H groups in total. The van der Waals surface area contributed by atoms with E-state index in [1.54, 1.807) is 18.2 Å². The first-order valence-electron chi connectivity index (χ1n) is 7.76. The number of benzene rings is 1. The predicted octanol–water partition coefficient (Wildman–Crippen LogP) is 2.31. The summed E-state index contributed by atoms with van der Waals surface area (Å²) in [5.41, 5.74) is 1.50. The zero-order chi connectivity index (χ0) is 18.1. The average Bonchev–Trinajstić information content (AvgIpc) is 3.16. The minimum atomic E-state index is -0.0513. The third-order valence-electron chi connectivity index (χ3n) is 3.32. The Morgan fingerprint density at radius 2 is 2.32 bits per heavy atom. The monoisotopic (exact) mass is 341 g/mol. The SMILES string of the molecule is CCCCC(=O)Nc1ccc(NC=C(C#N)c2nn[nH]n2)cc1OC. The Balaban J connectivity index is 2.10. The second-order valence-electron chi connectivity index (χ2n) is 5.12. The number of nitrogens with one attached hydrogen (secondary N) is 3. The van der Waals surface area contributed by atoms with Gasteiger partial charge in [-0.25, -0.2) is 0 Å². The highest BCUT2D eigenvalue weighted by Crippen LogP contribution is 2.28. The van der Waals surface area contributed by atoms with Crippen LogP contribution in [0.5, 0.6) is 5.75 Å². The zero-order valence-electron chi connectivity index (χ0n) is 14.0. The van der Waals surface area contributed by atoms with Crippen LogP contribution < -0.4 is 15.4 Å². The number of ether oxygens (including phenoxy) is 1. The van der Waals surface area contributed by atoms with Crippen molar-refractivity contribution in [2.75, 3.05) is 17.7 Å². The maximum absolute atomic E-state index is 11.9. The summed E-state index contributed by atoms with van der Waals surface area (Å²) in [5, 5.41) is 28.2. The van der Waals surface area contributed by atoms with Gasteiger partial charge in [0, 0.05) is 24.4 Å². The molecule has 0 saturated heterocycles. The normalized spacial score (nSPS) is 10.8. The third kappa shape index (κ3) is 5.04. The summed E-state index contributed by atoms with van der Waals surface area (Å²) in [5.74, 6) is 0.660. The summed E-state index contributed by atoms with van der Waals surface area (Å²) >= 11 is 0. The lowest BCUT2D eigenvalue weighted by Crippen LogP contribution is -2.11. The number of unbranched alkanes of at least 4 members (excludes halogenated alkanes) is 1. The summed E-state index contributed by atoms with van der Waals surface area (Å²) in [6.07, 6.45) is 3.74. The maximum atomic E-state index is 11.9. The standard InChI is InChI=1S/C16H19N7O2/c1-3-4-5-15(24)19-13-7-6-12(8-14(13)25-2)18-10-11(9-17)16-20-22-23-21-16/h6-8,10,18H,3-5H2,1-2H3,(H,19,24)(H,20,21,22,23). The molecular formula is C16H19N7O2. The van der Waals surface area contributed by atoms with E-state index in [0.29, 0.717) is 23.5 Å². The van der Waals surface area contributed by atoms with Crippen LogP contribution in [0.15, 0.2) is 24.4 Å². The minimum Gasteiger partial charge on any atom is -0.494 e. The van der Waals surface area contributed by atoms with Crippen molar-refractivity contribution in [2.45, 2.75) is 26.2 Å². The highest BCUT2D eigenvalue weighted by molar-refractivity contribution is 5.92. The number of amides is 1. The van der Waals surface area contributed by atoms with Crippen molar-refractivity contribution in [1.82, 2.24) is 20.6 Å². The van der Waals surface area contributed by atoms with Crippen LogP contribution in [0.3, 0.4) is 0 Å². The number of rotatable bonds is 8. The first-order chi connectivity index (χ1) is 12.2. The van der Waals surface area contributed by atoms with Crippen molar-refractivity contribution in [3.05, 3.63) is 30.2 Å². The van der Waals surface area contributed by atoms with Gasteiger partial charge < -0.3 is 15.4 Å². The van der Waals surface area contributed by atoms with Crippen LogP contribution in [0.2, 0.25) is 0 Å². The average molecular weight is 341 g/mol. The van der Waals surface area contributed by atoms with Gasteiger partial charge in [0.25, 0.3) is 0 Å². The Morgan fingerprint density at radius 1 is 1.48 bits per heavy atom. The fraction of sp³-hybridized carbons (Fsp3) is 0.312. The van der Waals surface area contributed by atoms with E-state index in [1.165, 1.54) is 13.3 Å². The number of nitrogens with zero attached hydrogens (tertiary/aromatic N) is 4. The molecule has 0 aliphatic heterocycles. The van der Waals surface area contributed by atoms with Crippen molar-refractivity contribution in [3.8, 4) is 11.8 Å². The Morgan fingerprint density at radius 3 is 2.96 bits per heavy atom. The van der Waals surface area contributed by atoms with E-state index in [-0.39, 0.29) is 17.3 Å². The zero-order valence-corrected chi connectivity index (χ0v) is 14.0. The molecule has 0 aliphatic carbocycles. The van der Waals surface area contributed by atoms with Crippen molar-refractivity contribution >= 4 is 22.9 Å². The molecule has 0 unspecified atom stereocenters. The Hall–Kier alpha value is -3.41. The first-order valence-corrected chi connectivity index (χ1v) is 7.76. The van der Waals surface area contributed by atoms with Gasteiger partial charge in [0.15, 0.2) is 0 Å². The van der Waals surface area contributed by atoms with Crippen LogP contribution in [0, 0.1) is 11.3 Å². The molecule has 130 valence electrons. The van der Waals surface area contributed by atoms with Crippen molar-refractivity contribution in [3.63, 3.8) is 0 Å². The molecule has 0 aliphatic rings. The number of aromatic amines is 1. The van der Waals surface area contributed by atoms with Gasteiger partial charge in [-0.1, -0.05) is 13.3 Å². The van der Waals surface area contributed by atoms with E-state index in [9.17, 15) is 4.79 Å². The highest BCUT2D eigenvalue weighted by atomic mass is 16.5. The highest BCUT2D eigenvalue weighted by Gasteiger charge is 2.09. The largest absolute Gasteiger partial charge is 0.494 e. The lowest BCUT2D eigenvalue weighted by molar-refractivity contribution is -0.116. The van der Waals surface area contributed by atoms with Crippen molar-refractivity contribution in [1.29, 1.82) is 5.26 Å². The number of aromatic nitrogens is 4. The van der Waals surface area contributed by atoms with Crippen LogP contribution in [-0.2, 0) is 4.79 Å². The molecule has 25 heavy (non-hydrogen) atoms. The van der Waals surface area contributed by atoms with Gasteiger partial charge in [0.1, 0.15) is 17.4 Å². The molecule has 0 spiro atoms. The number of carbonyl (C=O) groups is 1. The Kier molecular flexibility index (Phi) is 6.47. The predicted molar refractivity (Wildman–Crippen MR) is 92.5 cm³/mol. The van der Waals surface area contributed by atoms with Crippen LogP contribution >= 0.6 is 0 Å². The number of nitriles is 1. The molecule has 0 atom stereocenters. The minimum absolute atomic E-state index is 0.0513. The number of hydrogen-bond donors (Lipinski definition) is 3. The van der Waals surface area contributed by atoms with Gasteiger partial charge in [-0.15, -0.1) is 10.2 Å². The number of carbonyl (C=O) groups excluding carboxylic acids is 1. The van der Waals surface area contributed by atoms with E-state index in [1.807, 2.05) is 13.0 Å². The molecule has 2 aromatic rings. The van der Waals surface area contributed by atoms with Gasteiger partial charge >= 0.3 is 0 Å². The Bertz CT molecular complexity index is 778.